The van der Waals surface area contributed by atoms with Gasteiger partial charge in [0.1, 0.15) is 17.4 Å². The van der Waals surface area contributed by atoms with E-state index in [1.807, 2.05) is 19.1 Å². The first kappa shape index (κ1) is 24.3. The molecule has 0 saturated carbocycles. The number of aryl methyl sites for hydroxylation is 2. The topological polar surface area (TPSA) is 114 Å². The number of benzene rings is 1. The van der Waals surface area contributed by atoms with Crippen LogP contribution >= 0.6 is 0 Å². The van der Waals surface area contributed by atoms with Gasteiger partial charge in [-0.05, 0) is 72.9 Å². The zero-order valence-electron chi connectivity index (χ0n) is 19.3. The Hall–Kier alpha value is -3.79. The van der Waals surface area contributed by atoms with Crippen molar-refractivity contribution in [2.45, 2.75) is 26.2 Å². The highest BCUT2D eigenvalue weighted by Crippen LogP contribution is 2.35. The van der Waals surface area contributed by atoms with E-state index in [-0.39, 0.29) is 28.6 Å². The van der Waals surface area contributed by atoms with Crippen LogP contribution < -0.4 is 10.0 Å². The summed E-state index contributed by atoms with van der Waals surface area (Å²) in [5.74, 6) is -0.506. The number of aromatic nitrogens is 2. The first-order chi connectivity index (χ1) is 16.8. The number of halogens is 1. The van der Waals surface area contributed by atoms with Gasteiger partial charge >= 0.3 is 0 Å². The van der Waals surface area contributed by atoms with Gasteiger partial charge in [0.15, 0.2) is 0 Å². The molecule has 1 amide bonds. The number of sulfonamides is 1. The van der Waals surface area contributed by atoms with E-state index in [4.69, 9.17) is 4.42 Å². The van der Waals surface area contributed by atoms with Gasteiger partial charge in [-0.3, -0.25) is 14.5 Å². The fourth-order valence-electron chi connectivity index (χ4n) is 3.79. The van der Waals surface area contributed by atoms with Crippen LogP contribution in [-0.4, -0.2) is 37.1 Å². The Labute approximate surface area is 202 Å². The van der Waals surface area contributed by atoms with Crippen molar-refractivity contribution in [2.24, 2.45) is 0 Å². The molecular formula is C25H25FN4O4S. The number of fused-ring (bicyclic) bond motifs is 1. The fraction of sp³-hybridized carbons (Fsp3) is 0.240. The smallest absolute Gasteiger partial charge is 0.255 e. The molecule has 0 aliphatic heterocycles. The highest BCUT2D eigenvalue weighted by atomic mass is 32.2. The average Bonchev–Trinajstić information content (AvgIpc) is 3.22. The van der Waals surface area contributed by atoms with Crippen molar-refractivity contribution >= 4 is 32.8 Å². The summed E-state index contributed by atoms with van der Waals surface area (Å²) in [5, 5.41) is 3.04. The minimum Gasteiger partial charge on any atom is -0.437 e. The number of hydrogen-bond donors (Lipinski definition) is 2. The number of carbonyl (C=O) groups excluding carboxylic acids is 1. The quantitative estimate of drug-likeness (QED) is 0.357. The molecule has 10 heteroatoms. The highest BCUT2D eigenvalue weighted by Gasteiger charge is 2.25. The van der Waals surface area contributed by atoms with Crippen LogP contribution in [0.5, 0.6) is 0 Å². The summed E-state index contributed by atoms with van der Waals surface area (Å²) in [5.41, 5.74) is 2.48. The maximum absolute atomic E-state index is 13.4. The summed E-state index contributed by atoms with van der Waals surface area (Å²) in [6, 6.07) is 11.0. The fourth-order valence-corrected chi connectivity index (χ4v) is 4.89. The lowest BCUT2D eigenvalue weighted by atomic mass is 10.0. The molecule has 0 aliphatic rings. The van der Waals surface area contributed by atoms with Crippen molar-refractivity contribution < 1.29 is 22.0 Å². The zero-order valence-corrected chi connectivity index (χ0v) is 20.2. The molecule has 3 aromatic heterocycles. The van der Waals surface area contributed by atoms with E-state index in [2.05, 4.69) is 20.0 Å². The third kappa shape index (κ3) is 5.48. The van der Waals surface area contributed by atoms with Gasteiger partial charge in [0.2, 0.25) is 15.7 Å². The normalized spacial score (nSPS) is 11.5. The maximum Gasteiger partial charge on any atom is 0.255 e. The van der Waals surface area contributed by atoms with Crippen LogP contribution in [0.4, 0.5) is 10.2 Å². The lowest BCUT2D eigenvalue weighted by Crippen LogP contribution is -2.19. The minimum absolute atomic E-state index is 0.0827. The van der Waals surface area contributed by atoms with Crippen molar-refractivity contribution in [3.63, 3.8) is 0 Å². The van der Waals surface area contributed by atoms with Crippen LogP contribution in [-0.2, 0) is 22.9 Å². The molecule has 0 saturated heterocycles. The molecular weight excluding hydrogens is 471 g/mol. The van der Waals surface area contributed by atoms with Crippen LogP contribution in [0.15, 0.2) is 59.3 Å². The molecule has 3 heterocycles. The Bertz CT molecular complexity index is 1450. The van der Waals surface area contributed by atoms with Crippen molar-refractivity contribution in [2.75, 3.05) is 17.5 Å². The predicted molar refractivity (Wildman–Crippen MR) is 132 cm³/mol. The number of nitrogens with one attached hydrogen (secondary N) is 2. The van der Waals surface area contributed by atoms with Gasteiger partial charge in [-0.25, -0.2) is 12.8 Å². The highest BCUT2D eigenvalue weighted by molar-refractivity contribution is 7.92. The van der Waals surface area contributed by atoms with Crippen LogP contribution in [0.2, 0.25) is 0 Å². The number of nitrogens with zero attached hydrogens (tertiary/aromatic N) is 2. The van der Waals surface area contributed by atoms with Crippen LogP contribution in [0.3, 0.4) is 0 Å². The molecule has 2 N–H and O–H groups in total. The summed E-state index contributed by atoms with van der Waals surface area (Å²) in [6.07, 6.45) is 4.85. The van der Waals surface area contributed by atoms with E-state index in [1.54, 1.807) is 18.5 Å². The van der Waals surface area contributed by atoms with E-state index in [0.717, 1.165) is 5.56 Å². The van der Waals surface area contributed by atoms with Crippen molar-refractivity contribution in [1.82, 2.24) is 15.3 Å². The third-order valence-corrected chi connectivity index (χ3v) is 6.91. The summed E-state index contributed by atoms with van der Waals surface area (Å²) < 4.78 is 47.5. The largest absolute Gasteiger partial charge is 0.437 e. The number of hydrogen-bond acceptors (Lipinski definition) is 6. The molecule has 1 aromatic carbocycles. The number of carbonyl (C=O) groups is 1. The molecule has 0 unspecified atom stereocenters. The maximum atomic E-state index is 13.4. The van der Waals surface area contributed by atoms with Crippen molar-refractivity contribution in [1.29, 1.82) is 0 Å². The molecule has 182 valence electrons. The summed E-state index contributed by atoms with van der Waals surface area (Å²) in [6.45, 7) is 1.87. The number of amides is 1. The predicted octanol–water partition coefficient (Wildman–Crippen LogP) is 4.33. The summed E-state index contributed by atoms with van der Waals surface area (Å²) in [7, 11) is -2.18. The molecule has 4 aromatic rings. The Morgan fingerprint density at radius 3 is 2.49 bits per heavy atom. The third-order valence-electron chi connectivity index (χ3n) is 5.58. The molecule has 0 radical (unpaired) electrons. The molecule has 4 rings (SSSR count). The second-order valence-electron chi connectivity index (χ2n) is 7.97. The number of anilines is 1. The van der Waals surface area contributed by atoms with Crippen LogP contribution in [0, 0.1) is 5.82 Å². The van der Waals surface area contributed by atoms with E-state index in [1.165, 1.54) is 31.3 Å². The summed E-state index contributed by atoms with van der Waals surface area (Å²) in [4.78, 5) is 21.1. The molecule has 0 aliphatic carbocycles. The minimum atomic E-state index is -3.68. The van der Waals surface area contributed by atoms with Gasteiger partial charge in [-0.15, -0.1) is 0 Å². The number of pyridine rings is 2. The Morgan fingerprint density at radius 2 is 1.83 bits per heavy atom. The van der Waals surface area contributed by atoms with Crippen LogP contribution in [0.25, 0.3) is 22.4 Å². The number of rotatable bonds is 9. The standard InChI is InChI=1S/C25H25FN4O4S/c1-3-17-15-20-21(24(31)27-2)22(18-6-8-19(26)9-7-18)34-25(20)29-23(17)30-35(32,33)14-4-5-16-10-12-28-13-11-16/h6-13,15H,3-5,14H2,1-2H3,(H,27,31)(H,29,30). The van der Waals surface area contributed by atoms with E-state index in [9.17, 15) is 17.6 Å². The van der Waals surface area contributed by atoms with Gasteiger partial charge in [0.05, 0.1) is 16.7 Å². The first-order valence-corrected chi connectivity index (χ1v) is 12.8. The van der Waals surface area contributed by atoms with E-state index in [0.29, 0.717) is 35.8 Å². The van der Waals surface area contributed by atoms with E-state index < -0.39 is 21.7 Å². The zero-order chi connectivity index (χ0) is 25.0. The Morgan fingerprint density at radius 1 is 1.11 bits per heavy atom. The Kier molecular flexibility index (Phi) is 7.11. The molecule has 0 bridgehead atoms. The first-order valence-electron chi connectivity index (χ1n) is 11.1. The Balaban J connectivity index is 1.67. The average molecular weight is 497 g/mol. The second kappa shape index (κ2) is 10.2. The van der Waals surface area contributed by atoms with Crippen LogP contribution in [0.1, 0.15) is 34.8 Å². The number of furan rings is 1. The lowest BCUT2D eigenvalue weighted by molar-refractivity contribution is 0.0964. The monoisotopic (exact) mass is 496 g/mol. The molecule has 0 spiro atoms. The summed E-state index contributed by atoms with van der Waals surface area (Å²) >= 11 is 0. The van der Waals surface area contributed by atoms with Gasteiger partial charge in [-0.2, -0.15) is 4.98 Å². The van der Waals surface area contributed by atoms with Gasteiger partial charge in [-0.1, -0.05) is 6.92 Å². The molecule has 0 fully saturated rings. The lowest BCUT2D eigenvalue weighted by Gasteiger charge is -2.11. The van der Waals surface area contributed by atoms with E-state index >= 15 is 0 Å². The molecule has 0 atom stereocenters. The SMILES string of the molecule is CCc1cc2c(C(=O)NC)c(-c3ccc(F)cc3)oc2nc1NS(=O)(=O)CCCc1ccncc1. The molecule has 35 heavy (non-hydrogen) atoms. The van der Waals surface area contributed by atoms with Gasteiger partial charge in [0.25, 0.3) is 5.91 Å². The van der Waals surface area contributed by atoms with Crippen molar-refractivity contribution in [3.8, 4) is 11.3 Å². The van der Waals surface area contributed by atoms with Crippen molar-refractivity contribution in [3.05, 3.63) is 77.4 Å². The molecule has 8 nitrogen and oxygen atoms in total. The second-order valence-corrected chi connectivity index (χ2v) is 9.82. The van der Waals surface area contributed by atoms with Gasteiger partial charge in [0, 0.05) is 25.0 Å². The van der Waals surface area contributed by atoms with Gasteiger partial charge < -0.3 is 9.73 Å².